The highest BCUT2D eigenvalue weighted by Crippen LogP contribution is 2.42. The van der Waals surface area contributed by atoms with Crippen LogP contribution < -0.4 is 5.73 Å². The summed E-state index contributed by atoms with van der Waals surface area (Å²) in [5, 5.41) is 0. The first-order chi connectivity index (χ1) is 15.5. The Bertz CT molecular complexity index is 1040. The highest BCUT2D eigenvalue weighted by Gasteiger charge is 2.63. The molecular formula is C24H23NO7. The highest BCUT2D eigenvalue weighted by molar-refractivity contribution is 6.42. The Balaban J connectivity index is 1.86. The van der Waals surface area contributed by atoms with E-state index < -0.39 is 29.0 Å². The minimum Gasteiger partial charge on any atom is -0.379 e. The maximum absolute atomic E-state index is 13.9. The molecule has 1 unspecified atom stereocenters. The van der Waals surface area contributed by atoms with E-state index in [9.17, 15) is 19.2 Å². The zero-order valence-electron chi connectivity index (χ0n) is 17.4. The van der Waals surface area contributed by atoms with Crippen molar-refractivity contribution in [3.63, 3.8) is 0 Å². The van der Waals surface area contributed by atoms with Crippen molar-refractivity contribution in [1.29, 1.82) is 0 Å². The molecule has 2 N–H and O–H groups in total. The average Bonchev–Trinajstić information content (AvgIpc) is 3.04. The van der Waals surface area contributed by atoms with E-state index in [1.54, 1.807) is 24.3 Å². The molecule has 1 spiro atoms. The third-order valence-corrected chi connectivity index (χ3v) is 5.76. The van der Waals surface area contributed by atoms with E-state index in [1.165, 1.54) is 24.3 Å². The van der Waals surface area contributed by atoms with Crippen LogP contribution in [0, 0.1) is 5.41 Å². The number of carbonyl (C=O) groups excluding carboxylic acids is 4. The molecule has 0 fully saturated rings. The number of ether oxygens (including phenoxy) is 3. The summed E-state index contributed by atoms with van der Waals surface area (Å²) in [6.07, 6.45) is -1.53. The molecule has 0 saturated carbocycles. The summed E-state index contributed by atoms with van der Waals surface area (Å²) in [4.78, 5) is 53.9. The zero-order valence-corrected chi connectivity index (χ0v) is 17.4. The third-order valence-electron chi connectivity index (χ3n) is 5.76. The van der Waals surface area contributed by atoms with Crippen LogP contribution in [0.15, 0.2) is 48.5 Å². The van der Waals surface area contributed by atoms with Gasteiger partial charge in [-0.15, -0.1) is 0 Å². The van der Waals surface area contributed by atoms with Crippen LogP contribution in [-0.2, 0) is 14.2 Å². The number of hydrogen-bond donors (Lipinski definition) is 1. The topological polar surface area (TPSA) is 122 Å². The summed E-state index contributed by atoms with van der Waals surface area (Å²) >= 11 is 0. The molecule has 0 amide bonds. The van der Waals surface area contributed by atoms with Crippen LogP contribution in [0.2, 0.25) is 0 Å². The van der Waals surface area contributed by atoms with Crippen molar-refractivity contribution in [1.82, 2.24) is 0 Å². The first-order valence-electron chi connectivity index (χ1n) is 10.4. The Morgan fingerprint density at radius 3 is 1.66 bits per heavy atom. The molecule has 1 heterocycles. The normalized spacial score (nSPS) is 22.2. The summed E-state index contributed by atoms with van der Waals surface area (Å²) in [5.74, 6) is -2.65. The number of nitrogens with two attached hydrogens (primary N) is 1. The van der Waals surface area contributed by atoms with Gasteiger partial charge in [-0.25, -0.2) is 0 Å². The first-order valence-corrected chi connectivity index (χ1v) is 10.4. The van der Waals surface area contributed by atoms with Crippen molar-refractivity contribution in [2.75, 3.05) is 33.0 Å². The SMILES string of the molecule is NC1OCCOCCOCCC(=O)c2ccccc2C(=O)C12C(=O)c1ccccc1C2=O. The molecule has 1 atom stereocenters. The van der Waals surface area contributed by atoms with E-state index in [4.69, 9.17) is 19.9 Å². The van der Waals surface area contributed by atoms with E-state index in [0.29, 0.717) is 0 Å². The number of fused-ring (bicyclic) bond motifs is 2. The second-order valence-electron chi connectivity index (χ2n) is 7.58. The third kappa shape index (κ3) is 3.61. The van der Waals surface area contributed by atoms with Gasteiger partial charge in [0.2, 0.25) is 0 Å². The van der Waals surface area contributed by atoms with Gasteiger partial charge in [0.25, 0.3) is 0 Å². The van der Waals surface area contributed by atoms with Crippen molar-refractivity contribution in [3.05, 3.63) is 70.8 Å². The van der Waals surface area contributed by atoms with Crippen LogP contribution in [0.25, 0.3) is 0 Å². The number of rotatable bonds is 0. The smallest absolute Gasteiger partial charge is 0.198 e. The van der Waals surface area contributed by atoms with Gasteiger partial charge in [-0.1, -0.05) is 48.5 Å². The molecule has 1 aliphatic carbocycles. The molecule has 2 aliphatic rings. The fourth-order valence-electron chi connectivity index (χ4n) is 4.12. The molecule has 2 aromatic carbocycles. The number of ketones is 4. The van der Waals surface area contributed by atoms with Gasteiger partial charge in [0.1, 0.15) is 6.23 Å². The van der Waals surface area contributed by atoms with E-state index in [-0.39, 0.29) is 67.5 Å². The molecule has 2 aromatic rings. The van der Waals surface area contributed by atoms with Crippen molar-refractivity contribution in [2.24, 2.45) is 11.1 Å². The second-order valence-corrected chi connectivity index (χ2v) is 7.58. The number of Topliss-reactive ketones (excluding diaryl/α,β-unsaturated/α-hetero) is 4. The summed E-state index contributed by atoms with van der Waals surface area (Å²) in [5.41, 5.74) is 4.20. The average molecular weight is 437 g/mol. The van der Waals surface area contributed by atoms with E-state index in [1.807, 2.05) is 0 Å². The molecule has 0 bridgehead atoms. The lowest BCUT2D eigenvalue weighted by molar-refractivity contribution is -0.0360. The lowest BCUT2D eigenvalue weighted by atomic mass is 9.73. The van der Waals surface area contributed by atoms with Gasteiger partial charge in [0.05, 0.1) is 33.0 Å². The van der Waals surface area contributed by atoms with Gasteiger partial charge in [-0.05, 0) is 0 Å². The first kappa shape index (κ1) is 22.2. The second kappa shape index (κ2) is 9.22. The summed E-state index contributed by atoms with van der Waals surface area (Å²) < 4.78 is 16.4. The van der Waals surface area contributed by atoms with Crippen LogP contribution in [0.1, 0.15) is 47.9 Å². The standard InChI is InChI=1S/C24H23NO7/c25-23-24(21(28)17-7-3-4-8-18(17)22(24)29)20(27)16-6-2-1-5-15(16)19(26)9-10-30-11-12-31-13-14-32-23/h1-8,23H,9-14,25H2. The molecule has 0 aromatic heterocycles. The van der Waals surface area contributed by atoms with E-state index in [0.717, 1.165) is 0 Å². The summed E-state index contributed by atoms with van der Waals surface area (Å²) in [7, 11) is 0. The molecule has 4 rings (SSSR count). The maximum atomic E-state index is 13.9. The minimum absolute atomic E-state index is 0.0297. The van der Waals surface area contributed by atoms with Crippen LogP contribution in [0.5, 0.6) is 0 Å². The van der Waals surface area contributed by atoms with E-state index in [2.05, 4.69) is 0 Å². The molecule has 0 saturated heterocycles. The van der Waals surface area contributed by atoms with Crippen LogP contribution >= 0.6 is 0 Å². The maximum Gasteiger partial charge on any atom is 0.198 e. The number of hydrogen-bond acceptors (Lipinski definition) is 8. The van der Waals surface area contributed by atoms with Gasteiger partial charge in [-0.2, -0.15) is 0 Å². The van der Waals surface area contributed by atoms with Crippen molar-refractivity contribution in [3.8, 4) is 0 Å². The molecule has 0 radical (unpaired) electrons. The van der Waals surface area contributed by atoms with Crippen LogP contribution in [-0.4, -0.2) is 62.4 Å². The Kier molecular flexibility index (Phi) is 6.38. The van der Waals surface area contributed by atoms with Gasteiger partial charge in [0.15, 0.2) is 28.5 Å². The van der Waals surface area contributed by atoms with Crippen molar-refractivity contribution in [2.45, 2.75) is 12.6 Å². The predicted molar refractivity (Wildman–Crippen MR) is 113 cm³/mol. The van der Waals surface area contributed by atoms with Gasteiger partial charge < -0.3 is 19.9 Å². The quantitative estimate of drug-likeness (QED) is 0.620. The van der Waals surface area contributed by atoms with Gasteiger partial charge in [0, 0.05) is 28.7 Å². The summed E-state index contributed by atoms with van der Waals surface area (Å²) in [6.45, 7) is 0.807. The van der Waals surface area contributed by atoms with E-state index >= 15 is 0 Å². The lowest BCUT2D eigenvalue weighted by Gasteiger charge is -2.31. The summed E-state index contributed by atoms with van der Waals surface area (Å²) in [6, 6.07) is 12.3. The Labute approximate surface area is 184 Å². The monoisotopic (exact) mass is 437 g/mol. The highest BCUT2D eigenvalue weighted by atomic mass is 16.5. The van der Waals surface area contributed by atoms with Gasteiger partial charge in [-0.3, -0.25) is 19.2 Å². The Morgan fingerprint density at radius 2 is 1.09 bits per heavy atom. The van der Waals surface area contributed by atoms with Crippen LogP contribution in [0.3, 0.4) is 0 Å². The Hall–Kier alpha value is -3.04. The van der Waals surface area contributed by atoms with Gasteiger partial charge >= 0.3 is 0 Å². The molecule has 32 heavy (non-hydrogen) atoms. The number of carbonyl (C=O) groups is 4. The predicted octanol–water partition coefficient (Wildman–Crippen LogP) is 1.86. The fraction of sp³-hybridized carbons (Fsp3) is 0.333. The van der Waals surface area contributed by atoms with Crippen LogP contribution in [0.4, 0.5) is 0 Å². The lowest BCUT2D eigenvalue weighted by Crippen LogP contribution is -2.56. The molecule has 166 valence electrons. The largest absolute Gasteiger partial charge is 0.379 e. The number of benzene rings is 2. The fourth-order valence-corrected chi connectivity index (χ4v) is 4.12. The van der Waals surface area contributed by atoms with Crippen molar-refractivity contribution < 1.29 is 33.4 Å². The molecule has 1 aliphatic heterocycles. The zero-order chi connectivity index (χ0) is 22.7. The molecule has 8 heteroatoms. The molecule has 8 nitrogen and oxygen atoms in total. The molecular weight excluding hydrogens is 414 g/mol. The Morgan fingerprint density at radius 1 is 0.656 bits per heavy atom. The van der Waals surface area contributed by atoms with Crippen molar-refractivity contribution >= 4 is 23.1 Å². The minimum atomic E-state index is -2.32.